The summed E-state index contributed by atoms with van der Waals surface area (Å²) < 4.78 is 17.6. The smallest absolute Gasteiger partial charge is 0.270 e. The molecule has 174 valence electrons. The van der Waals surface area contributed by atoms with Crippen LogP contribution in [0.4, 0.5) is 5.69 Å². The molecule has 1 amide bonds. The van der Waals surface area contributed by atoms with Gasteiger partial charge in [0.25, 0.3) is 5.91 Å². The fourth-order valence-corrected chi connectivity index (χ4v) is 4.68. The van der Waals surface area contributed by atoms with E-state index in [0.717, 1.165) is 29.0 Å². The van der Waals surface area contributed by atoms with Crippen molar-refractivity contribution < 1.29 is 19.0 Å². The first-order valence-corrected chi connectivity index (χ1v) is 12.1. The van der Waals surface area contributed by atoms with Crippen LogP contribution in [0.2, 0.25) is 0 Å². The molecule has 0 unspecified atom stereocenters. The molecule has 0 radical (unpaired) electrons. The summed E-state index contributed by atoms with van der Waals surface area (Å²) in [6.07, 6.45) is 2.56. The Morgan fingerprint density at radius 2 is 1.68 bits per heavy atom. The number of anilines is 1. The van der Waals surface area contributed by atoms with Crippen molar-refractivity contribution >= 4 is 46.0 Å². The van der Waals surface area contributed by atoms with Gasteiger partial charge in [-0.15, -0.1) is 0 Å². The molecule has 0 saturated carbocycles. The summed E-state index contributed by atoms with van der Waals surface area (Å²) in [6, 6.07) is 23.0. The average Bonchev–Trinajstić information content (AvgIpc) is 3.13. The molecule has 7 heteroatoms. The van der Waals surface area contributed by atoms with Crippen LogP contribution in [0, 0.1) is 6.92 Å². The van der Waals surface area contributed by atoms with Crippen LogP contribution in [0.5, 0.6) is 17.2 Å². The van der Waals surface area contributed by atoms with Crippen LogP contribution < -0.4 is 19.1 Å². The minimum Gasteiger partial charge on any atom is -0.493 e. The summed E-state index contributed by atoms with van der Waals surface area (Å²) in [5.41, 5.74) is 2.73. The molecule has 34 heavy (non-hydrogen) atoms. The number of aryl methyl sites for hydroxylation is 1. The highest BCUT2D eigenvalue weighted by molar-refractivity contribution is 8.27. The molecule has 0 aliphatic carbocycles. The van der Waals surface area contributed by atoms with E-state index >= 15 is 0 Å². The molecule has 1 fully saturated rings. The van der Waals surface area contributed by atoms with Gasteiger partial charge in [-0.05, 0) is 55.0 Å². The molecule has 0 bridgehead atoms. The van der Waals surface area contributed by atoms with Crippen LogP contribution in [0.3, 0.4) is 0 Å². The number of hydrogen-bond acceptors (Lipinski definition) is 6. The van der Waals surface area contributed by atoms with Gasteiger partial charge >= 0.3 is 0 Å². The molecular weight excluding hydrogens is 466 g/mol. The Hall–Kier alpha value is -3.29. The van der Waals surface area contributed by atoms with Crippen LogP contribution in [0.15, 0.2) is 77.7 Å². The van der Waals surface area contributed by atoms with Crippen molar-refractivity contribution in [3.8, 4) is 17.2 Å². The van der Waals surface area contributed by atoms with E-state index in [2.05, 4.69) is 0 Å². The van der Waals surface area contributed by atoms with E-state index in [9.17, 15) is 4.79 Å². The second-order valence-corrected chi connectivity index (χ2v) is 9.30. The normalized spacial score (nSPS) is 14.5. The summed E-state index contributed by atoms with van der Waals surface area (Å²) in [5.74, 6) is 1.96. The van der Waals surface area contributed by atoms with Crippen molar-refractivity contribution in [1.29, 1.82) is 0 Å². The SMILES string of the molecule is COc1cc(/C=C2\SC(=S)N(c3ccc(C)cc3)C2=O)ccc1OCCCOc1ccccc1. The molecule has 5 nitrogen and oxygen atoms in total. The number of nitrogens with zero attached hydrogens (tertiary/aromatic N) is 1. The van der Waals surface area contributed by atoms with Crippen LogP contribution in [0.1, 0.15) is 17.5 Å². The summed E-state index contributed by atoms with van der Waals surface area (Å²) in [6.45, 7) is 3.07. The first-order valence-electron chi connectivity index (χ1n) is 10.9. The predicted molar refractivity (Wildman–Crippen MR) is 142 cm³/mol. The summed E-state index contributed by atoms with van der Waals surface area (Å²) in [7, 11) is 1.60. The van der Waals surface area contributed by atoms with E-state index < -0.39 is 0 Å². The number of methoxy groups -OCH3 is 1. The number of ether oxygens (including phenoxy) is 3. The summed E-state index contributed by atoms with van der Waals surface area (Å²) >= 11 is 6.76. The van der Waals surface area contributed by atoms with Crippen LogP contribution in [-0.2, 0) is 4.79 Å². The maximum absolute atomic E-state index is 13.0. The Labute approximate surface area is 209 Å². The molecule has 1 heterocycles. The third kappa shape index (κ3) is 5.79. The lowest BCUT2D eigenvalue weighted by Crippen LogP contribution is -2.27. The van der Waals surface area contributed by atoms with E-state index in [0.29, 0.717) is 33.9 Å². The van der Waals surface area contributed by atoms with Gasteiger partial charge < -0.3 is 14.2 Å². The summed E-state index contributed by atoms with van der Waals surface area (Å²) in [5, 5.41) is 0. The largest absolute Gasteiger partial charge is 0.493 e. The lowest BCUT2D eigenvalue weighted by molar-refractivity contribution is -0.113. The highest BCUT2D eigenvalue weighted by Crippen LogP contribution is 2.37. The van der Waals surface area contributed by atoms with Gasteiger partial charge in [0.1, 0.15) is 5.75 Å². The van der Waals surface area contributed by atoms with Crippen molar-refractivity contribution in [3.05, 3.63) is 88.8 Å². The van der Waals surface area contributed by atoms with Crippen LogP contribution in [-0.4, -0.2) is 30.6 Å². The fraction of sp³-hybridized carbons (Fsp3) is 0.185. The number of thiocarbonyl (C=S) groups is 1. The number of amides is 1. The Kier molecular flexibility index (Phi) is 7.87. The zero-order valence-corrected chi connectivity index (χ0v) is 20.7. The fourth-order valence-electron chi connectivity index (χ4n) is 3.38. The minimum absolute atomic E-state index is 0.128. The molecule has 0 spiro atoms. The monoisotopic (exact) mass is 491 g/mol. The Bertz CT molecular complexity index is 1190. The third-order valence-corrected chi connectivity index (χ3v) is 6.43. The second kappa shape index (κ2) is 11.2. The molecule has 0 atom stereocenters. The number of carbonyl (C=O) groups excluding carboxylic acids is 1. The third-order valence-electron chi connectivity index (χ3n) is 5.13. The second-order valence-electron chi connectivity index (χ2n) is 7.63. The van der Waals surface area contributed by atoms with Gasteiger partial charge in [-0.2, -0.15) is 0 Å². The highest BCUT2D eigenvalue weighted by atomic mass is 32.2. The first-order chi connectivity index (χ1) is 16.5. The van der Waals surface area contributed by atoms with E-state index in [1.54, 1.807) is 12.0 Å². The Balaban J connectivity index is 1.38. The van der Waals surface area contributed by atoms with Gasteiger partial charge in [0, 0.05) is 6.42 Å². The zero-order valence-electron chi connectivity index (χ0n) is 19.0. The van der Waals surface area contributed by atoms with E-state index in [1.165, 1.54) is 11.8 Å². The van der Waals surface area contributed by atoms with Gasteiger partial charge in [-0.25, -0.2) is 0 Å². The topological polar surface area (TPSA) is 48.0 Å². The molecule has 1 saturated heterocycles. The van der Waals surface area contributed by atoms with Gasteiger partial charge in [0.05, 0.1) is 30.9 Å². The quantitative estimate of drug-likeness (QED) is 0.200. The summed E-state index contributed by atoms with van der Waals surface area (Å²) in [4.78, 5) is 15.1. The Morgan fingerprint density at radius 3 is 2.41 bits per heavy atom. The maximum atomic E-state index is 13.0. The van der Waals surface area contributed by atoms with Gasteiger partial charge in [0.2, 0.25) is 0 Å². The lowest BCUT2D eigenvalue weighted by Gasteiger charge is -2.14. The van der Waals surface area contributed by atoms with Crippen molar-refractivity contribution in [3.63, 3.8) is 0 Å². The lowest BCUT2D eigenvalue weighted by atomic mass is 10.1. The molecule has 1 aliphatic heterocycles. The van der Waals surface area contributed by atoms with Crippen molar-refractivity contribution in [2.75, 3.05) is 25.2 Å². The van der Waals surface area contributed by atoms with E-state index in [-0.39, 0.29) is 5.91 Å². The molecule has 3 aromatic carbocycles. The van der Waals surface area contributed by atoms with Crippen LogP contribution in [0.25, 0.3) is 6.08 Å². The number of rotatable bonds is 9. The zero-order chi connectivity index (χ0) is 23.9. The van der Waals surface area contributed by atoms with Crippen molar-refractivity contribution in [2.24, 2.45) is 0 Å². The predicted octanol–water partition coefficient (Wildman–Crippen LogP) is 6.26. The molecule has 1 aliphatic rings. The number of para-hydroxylation sites is 1. The number of benzene rings is 3. The standard InChI is InChI=1S/C27H25NO4S2/c1-19-9-12-21(13-10-19)28-26(29)25(34-27(28)33)18-20-11-14-23(24(17-20)30-2)32-16-6-15-31-22-7-4-3-5-8-22/h3-5,7-14,17-18H,6,15-16H2,1-2H3/b25-18-. The van der Waals surface area contributed by atoms with Crippen molar-refractivity contribution in [2.45, 2.75) is 13.3 Å². The first kappa shape index (κ1) is 23.9. The molecule has 0 N–H and O–H groups in total. The number of carbonyl (C=O) groups is 1. The van der Waals surface area contributed by atoms with Crippen molar-refractivity contribution in [1.82, 2.24) is 0 Å². The van der Waals surface area contributed by atoms with E-state index in [1.807, 2.05) is 85.8 Å². The molecule has 3 aromatic rings. The Morgan fingerprint density at radius 1 is 0.941 bits per heavy atom. The molecular formula is C27H25NO4S2. The molecule has 0 aromatic heterocycles. The maximum Gasteiger partial charge on any atom is 0.270 e. The van der Waals surface area contributed by atoms with Crippen LogP contribution >= 0.6 is 24.0 Å². The minimum atomic E-state index is -0.128. The molecule has 4 rings (SSSR count). The average molecular weight is 492 g/mol. The number of hydrogen-bond donors (Lipinski definition) is 0. The van der Waals surface area contributed by atoms with Gasteiger partial charge in [-0.1, -0.05) is 65.9 Å². The number of thioether (sulfide) groups is 1. The van der Waals surface area contributed by atoms with E-state index in [4.69, 9.17) is 26.4 Å². The van der Waals surface area contributed by atoms with Gasteiger partial charge in [-0.3, -0.25) is 9.69 Å². The highest BCUT2D eigenvalue weighted by Gasteiger charge is 2.33. The van der Waals surface area contributed by atoms with Gasteiger partial charge in [0.15, 0.2) is 15.8 Å².